The summed E-state index contributed by atoms with van der Waals surface area (Å²) in [6.45, 7) is 15.6. The molecule has 2 saturated heterocycles. The lowest BCUT2D eigenvalue weighted by Gasteiger charge is -2.65. The maximum Gasteiger partial charge on any atom is 0.186 e. The minimum absolute atomic E-state index is 0.0979. The highest BCUT2D eigenvalue weighted by molar-refractivity contribution is 5.34. The molecule has 6 aliphatic rings. The van der Waals surface area contributed by atoms with Crippen LogP contribution in [-0.2, 0) is 23.7 Å². The SMILES string of the molecule is COC1O[C@]23C=C[C@@H]4[C@@]1(CC[C@]1(C)[C@@H]([C@H](C)C/C=C/C(C)(C)OC)CC[C@@]41C)[C@@H]2CC[C@H](O[C@@H]1O[C@H](CO)[C@@H](O)[C@H](O)[C@H]1O)C3(C)C. The molecule has 1 unspecified atom stereocenters. The number of rotatable bonds is 9. The van der Waals surface area contributed by atoms with Crippen LogP contribution >= 0.6 is 0 Å². The molecule has 4 aliphatic carbocycles. The van der Waals surface area contributed by atoms with E-state index in [4.69, 9.17) is 23.7 Å². The summed E-state index contributed by atoms with van der Waals surface area (Å²) in [5, 5.41) is 41.3. The molecule has 5 fully saturated rings. The van der Waals surface area contributed by atoms with Crippen molar-refractivity contribution >= 4 is 0 Å². The second kappa shape index (κ2) is 12.1. The van der Waals surface area contributed by atoms with Crippen molar-refractivity contribution in [2.75, 3.05) is 20.8 Å². The van der Waals surface area contributed by atoms with E-state index >= 15 is 0 Å². The summed E-state index contributed by atoms with van der Waals surface area (Å²) in [6.07, 6.45) is 9.34. The molecule has 0 aromatic rings. The van der Waals surface area contributed by atoms with Crippen LogP contribution in [-0.4, -0.2) is 95.6 Å². The molecule has 0 radical (unpaired) electrons. The van der Waals surface area contributed by atoms with E-state index < -0.39 is 48.3 Å². The standard InChI is InChI=1S/C38H62O9/c1-22(11-10-16-33(2,3)44-9)23-14-17-36(7)25-15-18-38-26(37(25,32(43-8)47-38)20-19-35(23,36)6)12-13-27(34(38,4)5)46-31-30(42)29(41)28(40)24(21-39)45-31/h10,15-16,18,22-32,39-42H,11-14,17,19-21H2,1-9H3/b16-10+/t22-,23-,24-,25+,26+,27+,28-,29+,30-,31+,32?,35-,36+,37+,38-/m1/s1. The zero-order valence-corrected chi connectivity index (χ0v) is 30.1. The van der Waals surface area contributed by atoms with Crippen molar-refractivity contribution in [1.29, 1.82) is 0 Å². The Hall–Kier alpha value is -0.880. The average Bonchev–Trinajstić information content (AvgIpc) is 3.41. The van der Waals surface area contributed by atoms with Gasteiger partial charge in [0.1, 0.15) is 30.0 Å². The van der Waals surface area contributed by atoms with Gasteiger partial charge in [0.2, 0.25) is 0 Å². The third-order valence-electron chi connectivity index (χ3n) is 15.0. The lowest BCUT2D eigenvalue weighted by atomic mass is 9.38. The predicted octanol–water partition coefficient (Wildman–Crippen LogP) is 4.75. The predicted molar refractivity (Wildman–Crippen MR) is 177 cm³/mol. The molecule has 2 bridgehead atoms. The first-order valence-electron chi connectivity index (χ1n) is 18.1. The van der Waals surface area contributed by atoms with E-state index in [0.717, 1.165) is 32.1 Å². The van der Waals surface area contributed by atoms with Gasteiger partial charge in [0.25, 0.3) is 0 Å². The van der Waals surface area contributed by atoms with Crippen molar-refractivity contribution < 1.29 is 44.1 Å². The number of hydrogen-bond acceptors (Lipinski definition) is 9. The van der Waals surface area contributed by atoms with Gasteiger partial charge >= 0.3 is 0 Å². The molecule has 3 saturated carbocycles. The van der Waals surface area contributed by atoms with E-state index in [9.17, 15) is 20.4 Å². The van der Waals surface area contributed by atoms with Crippen molar-refractivity contribution in [3.05, 3.63) is 24.3 Å². The van der Waals surface area contributed by atoms with Crippen molar-refractivity contribution in [3.8, 4) is 0 Å². The van der Waals surface area contributed by atoms with Crippen LogP contribution in [0.2, 0.25) is 0 Å². The second-order valence-corrected chi connectivity index (χ2v) is 17.5. The fourth-order valence-corrected chi connectivity index (χ4v) is 11.9. The average molecular weight is 663 g/mol. The first kappa shape index (κ1) is 35.9. The Morgan fingerprint density at radius 2 is 1.68 bits per heavy atom. The van der Waals surface area contributed by atoms with E-state index in [0.29, 0.717) is 17.8 Å². The van der Waals surface area contributed by atoms with Crippen LogP contribution in [0.4, 0.5) is 0 Å². The number of hydrogen-bond donors (Lipinski definition) is 4. The topological polar surface area (TPSA) is 127 Å². The molecule has 47 heavy (non-hydrogen) atoms. The van der Waals surface area contributed by atoms with E-state index in [2.05, 4.69) is 72.8 Å². The molecule has 0 amide bonds. The molecular formula is C38H62O9. The van der Waals surface area contributed by atoms with Gasteiger partial charge in [-0.15, -0.1) is 0 Å². The summed E-state index contributed by atoms with van der Waals surface area (Å²) >= 11 is 0. The Kier molecular flexibility index (Phi) is 9.27. The smallest absolute Gasteiger partial charge is 0.186 e. The Labute approximate surface area is 282 Å². The van der Waals surface area contributed by atoms with Crippen LogP contribution in [0.1, 0.15) is 93.4 Å². The zero-order chi connectivity index (χ0) is 34.4. The van der Waals surface area contributed by atoms with E-state index in [1.165, 1.54) is 12.8 Å². The highest BCUT2D eigenvalue weighted by atomic mass is 16.7. The minimum atomic E-state index is -1.48. The molecule has 2 aliphatic heterocycles. The summed E-state index contributed by atoms with van der Waals surface area (Å²) < 4.78 is 31.4. The monoisotopic (exact) mass is 662 g/mol. The fraction of sp³-hybridized carbons (Fsp3) is 0.895. The summed E-state index contributed by atoms with van der Waals surface area (Å²) in [6, 6.07) is 0. The van der Waals surface area contributed by atoms with Gasteiger partial charge in [-0.3, -0.25) is 0 Å². The molecule has 0 aromatic heterocycles. The number of ether oxygens (including phenoxy) is 5. The molecule has 0 aromatic carbocycles. The Morgan fingerprint density at radius 1 is 0.957 bits per heavy atom. The van der Waals surface area contributed by atoms with Gasteiger partial charge < -0.3 is 44.1 Å². The summed E-state index contributed by atoms with van der Waals surface area (Å²) in [5.41, 5.74) is -1.31. The van der Waals surface area contributed by atoms with Crippen molar-refractivity contribution in [1.82, 2.24) is 0 Å². The van der Waals surface area contributed by atoms with Crippen molar-refractivity contribution in [3.63, 3.8) is 0 Å². The molecular weight excluding hydrogens is 600 g/mol. The van der Waals surface area contributed by atoms with Crippen LogP contribution in [0.25, 0.3) is 0 Å². The van der Waals surface area contributed by atoms with Crippen LogP contribution in [0.15, 0.2) is 24.3 Å². The summed E-state index contributed by atoms with van der Waals surface area (Å²) in [5.74, 6) is 1.75. The third-order valence-corrected chi connectivity index (χ3v) is 15.0. The van der Waals surface area contributed by atoms with Gasteiger partial charge in [-0.25, -0.2) is 0 Å². The van der Waals surface area contributed by atoms with Crippen LogP contribution in [0.3, 0.4) is 0 Å². The molecule has 4 N–H and O–H groups in total. The van der Waals surface area contributed by atoms with Gasteiger partial charge in [0.15, 0.2) is 12.6 Å². The molecule has 9 heteroatoms. The minimum Gasteiger partial charge on any atom is -0.394 e. The fourth-order valence-electron chi connectivity index (χ4n) is 11.9. The summed E-state index contributed by atoms with van der Waals surface area (Å²) in [4.78, 5) is 0. The van der Waals surface area contributed by atoms with Crippen molar-refractivity contribution in [2.45, 2.75) is 148 Å². The largest absolute Gasteiger partial charge is 0.394 e. The molecule has 1 spiro atoms. The quantitative estimate of drug-likeness (QED) is 0.259. The van der Waals surface area contributed by atoms with Gasteiger partial charge in [-0.05, 0) is 87.4 Å². The Morgan fingerprint density at radius 3 is 2.34 bits per heavy atom. The first-order chi connectivity index (χ1) is 22.0. The zero-order valence-electron chi connectivity index (χ0n) is 30.1. The molecule has 268 valence electrons. The van der Waals surface area contributed by atoms with Gasteiger partial charge in [-0.1, -0.05) is 58.9 Å². The van der Waals surface area contributed by atoms with E-state index in [1.54, 1.807) is 14.2 Å². The molecule has 2 heterocycles. The first-order valence-corrected chi connectivity index (χ1v) is 18.1. The maximum atomic E-state index is 10.8. The highest BCUT2D eigenvalue weighted by Crippen LogP contribution is 2.79. The number of aliphatic hydroxyl groups excluding tert-OH is 4. The van der Waals surface area contributed by atoms with Crippen molar-refractivity contribution in [2.24, 2.45) is 45.3 Å². The Bertz CT molecular complexity index is 1220. The van der Waals surface area contributed by atoms with Crippen LogP contribution < -0.4 is 0 Å². The number of aliphatic hydroxyl groups is 4. The van der Waals surface area contributed by atoms with Gasteiger partial charge in [0.05, 0.1) is 18.3 Å². The number of fused-ring (bicyclic) bond motifs is 2. The third kappa shape index (κ3) is 4.95. The van der Waals surface area contributed by atoms with Crippen LogP contribution in [0.5, 0.6) is 0 Å². The van der Waals surface area contributed by atoms with Crippen LogP contribution in [0, 0.1) is 45.3 Å². The van der Waals surface area contributed by atoms with Gasteiger partial charge in [0, 0.05) is 31.0 Å². The molecule has 9 nitrogen and oxygen atoms in total. The molecule has 15 atom stereocenters. The lowest BCUT2D eigenvalue weighted by molar-refractivity contribution is -0.331. The Balaban J connectivity index is 1.29. The summed E-state index contributed by atoms with van der Waals surface area (Å²) in [7, 11) is 3.56. The second-order valence-electron chi connectivity index (χ2n) is 17.5. The van der Waals surface area contributed by atoms with E-state index in [-0.39, 0.29) is 40.2 Å². The van der Waals surface area contributed by atoms with E-state index in [1.807, 2.05) is 0 Å². The normalized spacial score (nSPS) is 51.1. The van der Waals surface area contributed by atoms with Gasteiger partial charge in [-0.2, -0.15) is 0 Å². The number of methoxy groups -OCH3 is 2. The maximum absolute atomic E-state index is 10.8. The molecule has 6 rings (SSSR count). The highest BCUT2D eigenvalue weighted by Gasteiger charge is 2.78. The lowest BCUT2D eigenvalue weighted by Crippen LogP contribution is -2.66. The number of allylic oxidation sites excluding steroid dienone is 2.